The number of nitrogens with one attached hydrogen (secondary N) is 3. The van der Waals surface area contributed by atoms with Gasteiger partial charge in [0.15, 0.2) is 0 Å². The Kier molecular flexibility index (Phi) is 3.47. The fraction of sp³-hybridized carbons (Fsp3) is 0. The third-order valence-corrected chi connectivity index (χ3v) is 4.50. The van der Waals surface area contributed by atoms with Crippen LogP contribution in [0.1, 0.15) is 5.56 Å². The predicted molar refractivity (Wildman–Crippen MR) is 106 cm³/mol. The highest BCUT2D eigenvalue weighted by Gasteiger charge is 2.26. The SMILES string of the molecule is O=C1Nc2ncc(-c3ccccc3)cc2C1=CNc1nc2ccccc2[nH]1. The summed E-state index contributed by atoms with van der Waals surface area (Å²) in [6.45, 7) is 0. The molecule has 1 amide bonds. The van der Waals surface area contributed by atoms with Gasteiger partial charge in [-0.3, -0.25) is 4.79 Å². The highest BCUT2D eigenvalue weighted by Crippen LogP contribution is 2.33. The average Bonchev–Trinajstić information content (AvgIpc) is 3.26. The van der Waals surface area contributed by atoms with Gasteiger partial charge in [-0.25, -0.2) is 9.97 Å². The molecule has 1 aliphatic heterocycles. The number of hydrogen-bond acceptors (Lipinski definition) is 4. The van der Waals surface area contributed by atoms with Crippen molar-refractivity contribution in [2.24, 2.45) is 0 Å². The number of amides is 1. The summed E-state index contributed by atoms with van der Waals surface area (Å²) in [6, 6.07) is 19.7. The van der Waals surface area contributed by atoms with E-state index in [0.717, 1.165) is 27.7 Å². The molecule has 130 valence electrons. The fourth-order valence-corrected chi connectivity index (χ4v) is 3.16. The van der Waals surface area contributed by atoms with Crippen molar-refractivity contribution in [3.05, 3.63) is 78.6 Å². The van der Waals surface area contributed by atoms with Crippen LogP contribution in [0.2, 0.25) is 0 Å². The number of rotatable bonds is 3. The Hall–Kier alpha value is -3.93. The van der Waals surface area contributed by atoms with Crippen LogP contribution in [0.3, 0.4) is 0 Å². The van der Waals surface area contributed by atoms with Crippen LogP contribution in [0.4, 0.5) is 11.8 Å². The Bertz CT molecular complexity index is 1160. The Morgan fingerprint density at radius 3 is 2.63 bits per heavy atom. The summed E-state index contributed by atoms with van der Waals surface area (Å²) in [5, 5.41) is 5.89. The van der Waals surface area contributed by atoms with E-state index in [9.17, 15) is 4.79 Å². The molecule has 0 aliphatic carbocycles. The van der Waals surface area contributed by atoms with Crippen LogP contribution in [-0.2, 0) is 4.79 Å². The maximum absolute atomic E-state index is 12.4. The van der Waals surface area contributed by atoms with E-state index in [-0.39, 0.29) is 5.91 Å². The minimum atomic E-state index is -0.189. The van der Waals surface area contributed by atoms with Crippen LogP contribution in [0.25, 0.3) is 27.7 Å². The van der Waals surface area contributed by atoms with Gasteiger partial charge in [0.1, 0.15) is 5.82 Å². The standard InChI is InChI=1S/C21H15N5O/c27-20-16(12-23-21-24-17-8-4-5-9-18(17)25-21)15-10-14(11-22-19(15)26-20)13-6-2-1-3-7-13/h1-12H,(H,22,26,27)(H2,23,24,25). The smallest absolute Gasteiger partial charge is 0.259 e. The van der Waals surface area contributed by atoms with Gasteiger partial charge in [0.05, 0.1) is 16.6 Å². The highest BCUT2D eigenvalue weighted by atomic mass is 16.2. The summed E-state index contributed by atoms with van der Waals surface area (Å²) < 4.78 is 0. The lowest BCUT2D eigenvalue weighted by Crippen LogP contribution is -2.05. The van der Waals surface area contributed by atoms with E-state index >= 15 is 0 Å². The topological polar surface area (TPSA) is 82.7 Å². The summed E-state index contributed by atoms with van der Waals surface area (Å²) in [5.41, 5.74) is 5.10. The Labute approximate surface area is 155 Å². The van der Waals surface area contributed by atoms with E-state index in [1.54, 1.807) is 12.4 Å². The zero-order chi connectivity index (χ0) is 18.2. The van der Waals surface area contributed by atoms with Crippen molar-refractivity contribution in [1.29, 1.82) is 0 Å². The van der Waals surface area contributed by atoms with E-state index in [2.05, 4.69) is 25.6 Å². The molecule has 5 rings (SSSR count). The lowest BCUT2D eigenvalue weighted by Gasteiger charge is -2.04. The number of carbonyl (C=O) groups excluding carboxylic acids is 1. The molecule has 0 saturated carbocycles. The van der Waals surface area contributed by atoms with Gasteiger partial charge in [0.25, 0.3) is 5.91 Å². The summed E-state index contributed by atoms with van der Waals surface area (Å²) in [5.74, 6) is 0.959. The molecule has 0 spiro atoms. The van der Waals surface area contributed by atoms with Crippen molar-refractivity contribution in [2.45, 2.75) is 0 Å². The summed E-state index contributed by atoms with van der Waals surface area (Å²) in [7, 11) is 0. The zero-order valence-corrected chi connectivity index (χ0v) is 14.2. The molecule has 3 N–H and O–H groups in total. The molecule has 6 heteroatoms. The molecular formula is C21H15N5O. The second kappa shape index (κ2) is 6.10. The van der Waals surface area contributed by atoms with Crippen LogP contribution in [-0.4, -0.2) is 20.9 Å². The van der Waals surface area contributed by atoms with E-state index in [0.29, 0.717) is 17.3 Å². The number of carbonyl (C=O) groups is 1. The number of aromatic nitrogens is 3. The van der Waals surface area contributed by atoms with Gasteiger partial charge in [0.2, 0.25) is 5.95 Å². The van der Waals surface area contributed by atoms with Crippen molar-refractivity contribution in [3.8, 4) is 11.1 Å². The molecule has 0 bridgehead atoms. The number of para-hydroxylation sites is 2. The largest absolute Gasteiger partial charge is 0.332 e. The number of anilines is 2. The normalized spacial score (nSPS) is 14.4. The van der Waals surface area contributed by atoms with Crippen molar-refractivity contribution in [3.63, 3.8) is 0 Å². The lowest BCUT2D eigenvalue weighted by molar-refractivity contribution is -0.110. The van der Waals surface area contributed by atoms with Crippen LogP contribution in [0, 0.1) is 0 Å². The lowest BCUT2D eigenvalue weighted by atomic mass is 10.0. The first-order chi connectivity index (χ1) is 13.3. The van der Waals surface area contributed by atoms with Gasteiger partial charge in [-0.2, -0.15) is 0 Å². The number of aromatic amines is 1. The Morgan fingerprint density at radius 2 is 1.78 bits per heavy atom. The molecule has 0 atom stereocenters. The molecule has 4 aromatic rings. The molecule has 6 nitrogen and oxygen atoms in total. The fourth-order valence-electron chi connectivity index (χ4n) is 3.16. The average molecular weight is 353 g/mol. The maximum Gasteiger partial charge on any atom is 0.259 e. The molecule has 2 aromatic heterocycles. The van der Waals surface area contributed by atoms with Gasteiger partial charge < -0.3 is 15.6 Å². The quantitative estimate of drug-likeness (QED) is 0.486. The van der Waals surface area contributed by atoms with Crippen LogP contribution < -0.4 is 10.6 Å². The van der Waals surface area contributed by atoms with Gasteiger partial charge >= 0.3 is 0 Å². The van der Waals surface area contributed by atoms with Crippen LogP contribution in [0.15, 0.2) is 73.1 Å². The molecule has 0 radical (unpaired) electrons. The highest BCUT2D eigenvalue weighted by molar-refractivity contribution is 6.31. The molecular weight excluding hydrogens is 338 g/mol. The number of benzene rings is 2. The van der Waals surface area contributed by atoms with Crippen molar-refractivity contribution < 1.29 is 4.79 Å². The summed E-state index contributed by atoms with van der Waals surface area (Å²) in [4.78, 5) is 24.4. The third kappa shape index (κ3) is 2.73. The molecule has 27 heavy (non-hydrogen) atoms. The van der Waals surface area contributed by atoms with Crippen molar-refractivity contribution in [1.82, 2.24) is 15.0 Å². The molecule has 1 aliphatic rings. The summed E-state index contributed by atoms with van der Waals surface area (Å²) in [6.07, 6.45) is 3.43. The van der Waals surface area contributed by atoms with E-state index in [1.165, 1.54) is 0 Å². The van der Waals surface area contributed by atoms with E-state index < -0.39 is 0 Å². The second-order valence-corrected chi connectivity index (χ2v) is 6.25. The summed E-state index contributed by atoms with van der Waals surface area (Å²) >= 11 is 0. The number of nitrogens with zero attached hydrogens (tertiary/aromatic N) is 2. The molecule has 0 unspecified atom stereocenters. The predicted octanol–water partition coefficient (Wildman–Crippen LogP) is 4.03. The molecule has 2 aromatic carbocycles. The molecule has 0 fully saturated rings. The van der Waals surface area contributed by atoms with E-state index in [1.807, 2.05) is 60.7 Å². The molecule has 0 saturated heterocycles. The first-order valence-corrected chi connectivity index (χ1v) is 8.56. The number of hydrogen-bond donors (Lipinski definition) is 3. The second-order valence-electron chi connectivity index (χ2n) is 6.25. The van der Waals surface area contributed by atoms with Crippen molar-refractivity contribution in [2.75, 3.05) is 10.6 Å². The van der Waals surface area contributed by atoms with Gasteiger partial charge in [-0.15, -0.1) is 0 Å². The molecule has 3 heterocycles. The number of imidazole rings is 1. The van der Waals surface area contributed by atoms with Crippen LogP contribution >= 0.6 is 0 Å². The van der Waals surface area contributed by atoms with Gasteiger partial charge in [-0.05, 0) is 23.8 Å². The van der Waals surface area contributed by atoms with Crippen LogP contribution in [0.5, 0.6) is 0 Å². The van der Waals surface area contributed by atoms with Crippen molar-refractivity contribution >= 4 is 34.3 Å². The Balaban J connectivity index is 1.50. The monoisotopic (exact) mass is 353 g/mol. The minimum absolute atomic E-state index is 0.189. The minimum Gasteiger partial charge on any atom is -0.332 e. The van der Waals surface area contributed by atoms with Gasteiger partial charge in [0, 0.05) is 23.5 Å². The first kappa shape index (κ1) is 15.3. The van der Waals surface area contributed by atoms with E-state index in [4.69, 9.17) is 0 Å². The number of H-pyrrole nitrogens is 1. The Morgan fingerprint density at radius 1 is 0.963 bits per heavy atom. The maximum atomic E-state index is 12.4. The third-order valence-electron chi connectivity index (χ3n) is 4.50. The number of fused-ring (bicyclic) bond motifs is 2. The van der Waals surface area contributed by atoms with Gasteiger partial charge in [-0.1, -0.05) is 42.5 Å². The zero-order valence-electron chi connectivity index (χ0n) is 14.2. The first-order valence-electron chi connectivity index (χ1n) is 8.56. The number of pyridine rings is 1.